The number of fused-ring (bicyclic) bond motifs is 1. The Kier molecular flexibility index (Phi) is 1.20. The molecular formula is C7H5NO2. The second kappa shape index (κ2) is 2.17. The van der Waals surface area contributed by atoms with Crippen LogP contribution in [0.15, 0.2) is 18.3 Å². The molecule has 0 saturated carbocycles. The van der Waals surface area contributed by atoms with Gasteiger partial charge >= 0.3 is 0 Å². The highest BCUT2D eigenvalue weighted by molar-refractivity contribution is 5.34. The van der Waals surface area contributed by atoms with Gasteiger partial charge in [-0.1, -0.05) is 0 Å². The maximum absolute atomic E-state index is 5.12. The van der Waals surface area contributed by atoms with E-state index in [9.17, 15) is 0 Å². The first-order valence-corrected chi connectivity index (χ1v) is 2.94. The van der Waals surface area contributed by atoms with Gasteiger partial charge < -0.3 is 9.47 Å². The van der Waals surface area contributed by atoms with Crippen LogP contribution in [-0.2, 0) is 0 Å². The maximum atomic E-state index is 5.12. The molecule has 0 aromatic carbocycles. The lowest BCUT2D eigenvalue weighted by molar-refractivity contribution is 0.216. The van der Waals surface area contributed by atoms with Crippen molar-refractivity contribution in [3.63, 3.8) is 0 Å². The van der Waals surface area contributed by atoms with E-state index in [1.807, 2.05) is 6.07 Å². The van der Waals surface area contributed by atoms with Crippen molar-refractivity contribution >= 4 is 0 Å². The molecule has 1 aromatic rings. The van der Waals surface area contributed by atoms with Gasteiger partial charge in [-0.05, 0) is 12.1 Å². The third kappa shape index (κ3) is 0.795. The molecular weight excluding hydrogens is 130 g/mol. The molecule has 0 saturated heterocycles. The lowest BCUT2D eigenvalue weighted by Crippen LogP contribution is -2.10. The highest BCUT2D eigenvalue weighted by atomic mass is 16.6. The molecule has 0 aliphatic carbocycles. The minimum Gasteiger partial charge on any atom is -0.483 e. The molecule has 2 radical (unpaired) electrons. The molecule has 2 rings (SSSR count). The summed E-state index contributed by atoms with van der Waals surface area (Å²) in [5.74, 6) is 1.18. The molecule has 1 aromatic heterocycles. The number of pyridine rings is 1. The lowest BCUT2D eigenvalue weighted by Gasteiger charge is -2.14. The first kappa shape index (κ1) is 5.53. The fraction of sp³-hybridized carbons (Fsp3) is 0.143. The summed E-state index contributed by atoms with van der Waals surface area (Å²) < 4.78 is 10.1. The summed E-state index contributed by atoms with van der Waals surface area (Å²) in [4.78, 5) is 3.91. The van der Waals surface area contributed by atoms with E-state index in [0.29, 0.717) is 18.2 Å². The van der Waals surface area contributed by atoms with Gasteiger partial charge in [-0.2, -0.15) is 0 Å². The third-order valence-electron chi connectivity index (χ3n) is 1.19. The molecule has 1 aliphatic heterocycles. The summed E-state index contributed by atoms with van der Waals surface area (Å²) in [5, 5.41) is 0. The smallest absolute Gasteiger partial charge is 0.257 e. The Morgan fingerprint density at radius 3 is 3.50 bits per heavy atom. The Morgan fingerprint density at radius 2 is 2.60 bits per heavy atom. The van der Waals surface area contributed by atoms with Crippen LogP contribution in [0.3, 0.4) is 0 Å². The lowest BCUT2D eigenvalue weighted by atomic mass is 10.4. The quantitative estimate of drug-likeness (QED) is 0.529. The summed E-state index contributed by atoms with van der Waals surface area (Å²) in [6.45, 7) is 2.93. The second-order valence-corrected chi connectivity index (χ2v) is 1.84. The standard InChI is InChI=1S/C7H5NO2/c1-2-6-7(8-3-1)10-5-4-9-6/h1-3H,4H2. The summed E-state index contributed by atoms with van der Waals surface area (Å²) in [6.07, 6.45) is 1.65. The van der Waals surface area contributed by atoms with Crippen LogP contribution in [0, 0.1) is 6.61 Å². The van der Waals surface area contributed by atoms with Crippen LogP contribution in [0.2, 0.25) is 0 Å². The highest BCUT2D eigenvalue weighted by Crippen LogP contribution is 2.26. The molecule has 2 heterocycles. The highest BCUT2D eigenvalue weighted by Gasteiger charge is 2.11. The molecule has 3 heteroatoms. The molecule has 10 heavy (non-hydrogen) atoms. The second-order valence-electron chi connectivity index (χ2n) is 1.84. The van der Waals surface area contributed by atoms with Crippen molar-refractivity contribution in [1.29, 1.82) is 0 Å². The maximum Gasteiger partial charge on any atom is 0.257 e. The number of aromatic nitrogens is 1. The molecule has 0 fully saturated rings. The molecule has 50 valence electrons. The van der Waals surface area contributed by atoms with Gasteiger partial charge in [-0.15, -0.1) is 0 Å². The van der Waals surface area contributed by atoms with E-state index in [0.717, 1.165) is 0 Å². The largest absolute Gasteiger partial charge is 0.483 e. The molecule has 0 atom stereocenters. The Balaban J connectivity index is 2.41. The van der Waals surface area contributed by atoms with Crippen molar-refractivity contribution in [2.45, 2.75) is 0 Å². The minimum absolute atomic E-state index is 0.374. The molecule has 0 amide bonds. The van der Waals surface area contributed by atoms with Gasteiger partial charge in [0.1, 0.15) is 6.61 Å². The predicted molar refractivity (Wildman–Crippen MR) is 33.6 cm³/mol. The van der Waals surface area contributed by atoms with Crippen LogP contribution < -0.4 is 9.47 Å². The van der Waals surface area contributed by atoms with Gasteiger partial charge in [0, 0.05) is 6.20 Å². The van der Waals surface area contributed by atoms with E-state index in [2.05, 4.69) is 11.6 Å². The van der Waals surface area contributed by atoms with Gasteiger partial charge in [-0.3, -0.25) is 0 Å². The average molecular weight is 135 g/mol. The van der Waals surface area contributed by atoms with Crippen LogP contribution >= 0.6 is 0 Å². The molecule has 1 aliphatic rings. The van der Waals surface area contributed by atoms with E-state index in [-0.39, 0.29) is 0 Å². The summed E-state index contributed by atoms with van der Waals surface area (Å²) in [6, 6.07) is 3.61. The molecule has 0 bridgehead atoms. The predicted octanol–water partition coefficient (Wildman–Crippen LogP) is 0.892. The van der Waals surface area contributed by atoms with E-state index in [1.165, 1.54) is 0 Å². The van der Waals surface area contributed by atoms with E-state index in [4.69, 9.17) is 9.47 Å². The number of hydrogen-bond donors (Lipinski definition) is 0. The molecule has 0 N–H and O–H groups in total. The van der Waals surface area contributed by atoms with Gasteiger partial charge in [0.25, 0.3) is 5.88 Å². The topological polar surface area (TPSA) is 31.4 Å². The fourth-order valence-corrected chi connectivity index (χ4v) is 0.768. The monoisotopic (exact) mass is 135 g/mol. The average Bonchev–Trinajstić information content (AvgIpc) is 2.05. The minimum atomic E-state index is 0.374. The van der Waals surface area contributed by atoms with Crippen molar-refractivity contribution in [2.75, 3.05) is 6.61 Å². The Labute approximate surface area is 58.6 Å². The van der Waals surface area contributed by atoms with Gasteiger partial charge in [-0.25, -0.2) is 4.98 Å². The third-order valence-corrected chi connectivity index (χ3v) is 1.19. The van der Waals surface area contributed by atoms with E-state index >= 15 is 0 Å². The van der Waals surface area contributed by atoms with Crippen molar-refractivity contribution in [1.82, 2.24) is 4.98 Å². The van der Waals surface area contributed by atoms with Crippen molar-refractivity contribution < 1.29 is 9.47 Å². The van der Waals surface area contributed by atoms with E-state index < -0.39 is 0 Å². The number of hydrogen-bond acceptors (Lipinski definition) is 3. The van der Waals surface area contributed by atoms with Crippen LogP contribution in [-0.4, -0.2) is 11.6 Å². The van der Waals surface area contributed by atoms with Crippen LogP contribution in [0.5, 0.6) is 11.6 Å². The van der Waals surface area contributed by atoms with Gasteiger partial charge in [0.2, 0.25) is 6.61 Å². The van der Waals surface area contributed by atoms with Crippen LogP contribution in [0.25, 0.3) is 0 Å². The zero-order valence-electron chi connectivity index (χ0n) is 5.20. The van der Waals surface area contributed by atoms with Gasteiger partial charge in [0.05, 0.1) is 0 Å². The number of nitrogens with zero attached hydrogens (tertiary/aromatic N) is 1. The Hall–Kier alpha value is -1.25. The fourth-order valence-electron chi connectivity index (χ4n) is 0.768. The normalized spacial score (nSPS) is 14.8. The SMILES string of the molecule is [C]1COc2cccnc2O1. The Bertz CT molecular complexity index is 212. The Morgan fingerprint density at radius 1 is 1.60 bits per heavy atom. The number of rotatable bonds is 0. The molecule has 3 nitrogen and oxygen atoms in total. The van der Waals surface area contributed by atoms with Crippen LogP contribution in [0.4, 0.5) is 0 Å². The summed E-state index contributed by atoms with van der Waals surface area (Å²) in [5.41, 5.74) is 0. The first-order chi connectivity index (χ1) is 4.97. The zero-order valence-corrected chi connectivity index (χ0v) is 5.20. The number of ether oxygens (including phenoxy) is 2. The van der Waals surface area contributed by atoms with E-state index in [1.54, 1.807) is 12.3 Å². The van der Waals surface area contributed by atoms with Gasteiger partial charge in [0.15, 0.2) is 5.75 Å². The van der Waals surface area contributed by atoms with Crippen molar-refractivity contribution in [3.8, 4) is 11.6 Å². The molecule has 0 unspecified atom stereocenters. The van der Waals surface area contributed by atoms with Crippen molar-refractivity contribution in [3.05, 3.63) is 24.9 Å². The van der Waals surface area contributed by atoms with Crippen molar-refractivity contribution in [2.24, 2.45) is 0 Å². The summed E-state index contributed by atoms with van der Waals surface area (Å²) >= 11 is 0. The zero-order chi connectivity index (χ0) is 6.81. The first-order valence-electron chi connectivity index (χ1n) is 2.94. The van der Waals surface area contributed by atoms with Crippen LogP contribution in [0.1, 0.15) is 0 Å². The molecule has 0 spiro atoms. The summed E-state index contributed by atoms with van der Waals surface area (Å²) in [7, 11) is 0.